The van der Waals surface area contributed by atoms with Crippen molar-refractivity contribution in [2.45, 2.75) is 6.42 Å². The molecule has 0 aliphatic carbocycles. The molecule has 0 saturated carbocycles. The number of hydrogen-bond donors (Lipinski definition) is 3. The lowest BCUT2D eigenvalue weighted by Gasteiger charge is -2.07. The Morgan fingerprint density at radius 1 is 1.05 bits per heavy atom. The van der Waals surface area contributed by atoms with Gasteiger partial charge in [0.25, 0.3) is 0 Å². The number of benzene rings is 2. The van der Waals surface area contributed by atoms with E-state index in [1.165, 1.54) is 0 Å². The summed E-state index contributed by atoms with van der Waals surface area (Å²) in [5.74, 6) is -0.460. The van der Waals surface area contributed by atoms with Gasteiger partial charge in [0.05, 0.1) is 0 Å². The molecular weight excluding hydrogens is 268 g/mol. The fourth-order valence-electron chi connectivity index (χ4n) is 2.07. The summed E-state index contributed by atoms with van der Waals surface area (Å²) in [4.78, 5) is 21.6. The van der Waals surface area contributed by atoms with Crippen LogP contribution in [0.1, 0.15) is 15.9 Å². The van der Waals surface area contributed by atoms with E-state index >= 15 is 0 Å². The van der Waals surface area contributed by atoms with Gasteiger partial charge in [-0.15, -0.1) is 0 Å². The molecule has 0 aliphatic rings. The van der Waals surface area contributed by atoms with Crippen LogP contribution in [0.5, 0.6) is 0 Å². The number of carbonyl (C=O) groups is 2. The topological polar surface area (TPSA) is 92.4 Å². The molecule has 0 fully saturated rings. The van der Waals surface area contributed by atoms with Crippen LogP contribution in [0.4, 0.5) is 4.79 Å². The quantitative estimate of drug-likeness (QED) is 0.786. The van der Waals surface area contributed by atoms with Crippen LogP contribution in [0.2, 0.25) is 0 Å². The van der Waals surface area contributed by atoms with E-state index in [9.17, 15) is 9.59 Å². The fraction of sp³-hybridized carbons (Fsp3) is 0.125. The Labute approximate surface area is 122 Å². The van der Waals surface area contributed by atoms with Gasteiger partial charge in [-0.05, 0) is 35.2 Å². The number of nitrogens with two attached hydrogens (primary N) is 1. The van der Waals surface area contributed by atoms with Crippen LogP contribution in [0.25, 0.3) is 11.1 Å². The highest BCUT2D eigenvalue weighted by atomic mass is 16.4. The predicted octanol–water partition coefficient (Wildman–Crippen LogP) is 2.26. The predicted molar refractivity (Wildman–Crippen MR) is 80.1 cm³/mol. The van der Waals surface area contributed by atoms with E-state index in [1.807, 2.05) is 30.3 Å². The Morgan fingerprint density at radius 3 is 2.38 bits per heavy atom. The minimum atomic E-state index is -1.03. The summed E-state index contributed by atoms with van der Waals surface area (Å²) in [6, 6.07) is 14.9. The van der Waals surface area contributed by atoms with Crippen molar-refractivity contribution in [3.63, 3.8) is 0 Å². The van der Waals surface area contributed by atoms with Crippen molar-refractivity contribution in [2.75, 3.05) is 6.54 Å². The van der Waals surface area contributed by atoms with Gasteiger partial charge in [-0.3, -0.25) is 4.79 Å². The number of carboxylic acid groups (broad SMARTS) is 1. The standard InChI is InChI=1S/C16H16N2O3/c17-15(19)14-6-2-5-13(10-14)12-4-1-3-11(9-12)7-8-18-16(20)21/h1-6,9-10,18H,7-8H2,(H2,17,19)(H,20,21). The highest BCUT2D eigenvalue weighted by molar-refractivity contribution is 5.94. The number of carbonyl (C=O) groups excluding carboxylic acids is 1. The van der Waals surface area contributed by atoms with Crippen LogP contribution in [0.3, 0.4) is 0 Å². The molecule has 21 heavy (non-hydrogen) atoms. The summed E-state index contributed by atoms with van der Waals surface area (Å²) in [5.41, 5.74) is 8.63. The van der Waals surface area contributed by atoms with Crippen molar-refractivity contribution in [2.24, 2.45) is 5.73 Å². The van der Waals surface area contributed by atoms with Gasteiger partial charge in [0, 0.05) is 12.1 Å². The smallest absolute Gasteiger partial charge is 0.404 e. The maximum absolute atomic E-state index is 11.2. The van der Waals surface area contributed by atoms with Crippen molar-refractivity contribution < 1.29 is 14.7 Å². The third-order valence-corrected chi connectivity index (χ3v) is 3.10. The summed E-state index contributed by atoms with van der Waals surface area (Å²) >= 11 is 0. The van der Waals surface area contributed by atoms with Crippen LogP contribution in [0.15, 0.2) is 48.5 Å². The summed E-state index contributed by atoms with van der Waals surface area (Å²) in [5, 5.41) is 10.9. The van der Waals surface area contributed by atoms with E-state index < -0.39 is 12.0 Å². The molecule has 4 N–H and O–H groups in total. The zero-order valence-electron chi connectivity index (χ0n) is 11.4. The first-order valence-electron chi connectivity index (χ1n) is 6.52. The first-order chi connectivity index (χ1) is 10.1. The number of amides is 2. The van der Waals surface area contributed by atoms with Gasteiger partial charge in [0.1, 0.15) is 0 Å². The molecule has 0 saturated heterocycles. The summed E-state index contributed by atoms with van der Waals surface area (Å²) in [6.45, 7) is 0.361. The van der Waals surface area contributed by atoms with E-state index in [0.29, 0.717) is 18.5 Å². The van der Waals surface area contributed by atoms with E-state index in [0.717, 1.165) is 16.7 Å². The first-order valence-corrected chi connectivity index (χ1v) is 6.52. The van der Waals surface area contributed by atoms with Crippen LogP contribution in [-0.4, -0.2) is 23.7 Å². The summed E-state index contributed by atoms with van der Waals surface area (Å²) in [6.07, 6.45) is -0.421. The molecule has 2 aromatic carbocycles. The van der Waals surface area contributed by atoms with Crippen molar-refractivity contribution in [1.29, 1.82) is 0 Å². The Hall–Kier alpha value is -2.82. The molecule has 0 aliphatic heterocycles. The Bertz CT molecular complexity index is 668. The largest absolute Gasteiger partial charge is 0.465 e. The number of primary amides is 1. The summed E-state index contributed by atoms with van der Waals surface area (Å²) < 4.78 is 0. The molecule has 0 spiro atoms. The SMILES string of the molecule is NC(=O)c1cccc(-c2cccc(CCNC(=O)O)c2)c1. The fourth-order valence-corrected chi connectivity index (χ4v) is 2.07. The number of hydrogen-bond acceptors (Lipinski definition) is 2. The van der Waals surface area contributed by atoms with Gasteiger partial charge in [0.2, 0.25) is 5.91 Å². The zero-order valence-corrected chi connectivity index (χ0v) is 11.4. The van der Waals surface area contributed by atoms with E-state index in [2.05, 4.69) is 5.32 Å². The van der Waals surface area contributed by atoms with Gasteiger partial charge in [-0.2, -0.15) is 0 Å². The molecule has 5 nitrogen and oxygen atoms in total. The van der Waals surface area contributed by atoms with Crippen LogP contribution in [-0.2, 0) is 6.42 Å². The third kappa shape index (κ3) is 4.07. The maximum atomic E-state index is 11.2. The molecule has 0 radical (unpaired) electrons. The minimum Gasteiger partial charge on any atom is -0.465 e. The molecule has 2 amide bonds. The summed E-state index contributed by atoms with van der Waals surface area (Å²) in [7, 11) is 0. The molecule has 0 bridgehead atoms. The molecule has 0 atom stereocenters. The zero-order chi connectivity index (χ0) is 15.2. The number of rotatable bonds is 5. The molecule has 0 aromatic heterocycles. The van der Waals surface area contributed by atoms with E-state index in [4.69, 9.17) is 10.8 Å². The lowest BCUT2D eigenvalue weighted by molar-refractivity contribution is 0.1000. The van der Waals surface area contributed by atoms with E-state index in [1.54, 1.807) is 18.2 Å². The van der Waals surface area contributed by atoms with Crippen molar-refractivity contribution in [3.05, 3.63) is 59.7 Å². The number of nitrogens with one attached hydrogen (secondary N) is 1. The lowest BCUT2D eigenvalue weighted by Crippen LogP contribution is -2.23. The highest BCUT2D eigenvalue weighted by Crippen LogP contribution is 2.21. The average molecular weight is 284 g/mol. The highest BCUT2D eigenvalue weighted by Gasteiger charge is 2.04. The molecule has 0 heterocycles. The Kier molecular flexibility index (Phi) is 4.56. The van der Waals surface area contributed by atoms with Gasteiger partial charge in [-0.25, -0.2) is 4.79 Å². The first kappa shape index (κ1) is 14.6. The van der Waals surface area contributed by atoms with Crippen molar-refractivity contribution in [1.82, 2.24) is 5.32 Å². The third-order valence-electron chi connectivity index (χ3n) is 3.10. The Balaban J connectivity index is 2.18. The van der Waals surface area contributed by atoms with Gasteiger partial charge in [0.15, 0.2) is 0 Å². The van der Waals surface area contributed by atoms with E-state index in [-0.39, 0.29) is 0 Å². The monoisotopic (exact) mass is 284 g/mol. The normalized spacial score (nSPS) is 10.1. The lowest BCUT2D eigenvalue weighted by atomic mass is 10.00. The van der Waals surface area contributed by atoms with Gasteiger partial charge >= 0.3 is 6.09 Å². The van der Waals surface area contributed by atoms with Crippen LogP contribution >= 0.6 is 0 Å². The van der Waals surface area contributed by atoms with Crippen molar-refractivity contribution in [3.8, 4) is 11.1 Å². The van der Waals surface area contributed by atoms with Gasteiger partial charge < -0.3 is 16.2 Å². The second-order valence-electron chi connectivity index (χ2n) is 4.63. The average Bonchev–Trinajstić information content (AvgIpc) is 2.47. The second kappa shape index (κ2) is 6.56. The van der Waals surface area contributed by atoms with Gasteiger partial charge in [-0.1, -0.05) is 36.4 Å². The Morgan fingerprint density at radius 2 is 1.71 bits per heavy atom. The molecule has 5 heteroatoms. The molecule has 0 unspecified atom stereocenters. The second-order valence-corrected chi connectivity index (χ2v) is 4.63. The van der Waals surface area contributed by atoms with Crippen LogP contribution < -0.4 is 11.1 Å². The maximum Gasteiger partial charge on any atom is 0.404 e. The molecule has 2 aromatic rings. The molecule has 108 valence electrons. The minimum absolute atomic E-state index is 0.361. The van der Waals surface area contributed by atoms with Crippen molar-refractivity contribution >= 4 is 12.0 Å². The molecular formula is C16H16N2O3. The van der Waals surface area contributed by atoms with Crippen LogP contribution in [0, 0.1) is 0 Å². The molecule has 2 rings (SSSR count).